The van der Waals surface area contributed by atoms with Crippen molar-refractivity contribution in [3.63, 3.8) is 0 Å². The second-order valence-electron chi connectivity index (χ2n) is 3.70. The van der Waals surface area contributed by atoms with Crippen molar-refractivity contribution in [1.29, 1.82) is 0 Å². The maximum atomic E-state index is 12.3. The highest BCUT2D eigenvalue weighted by molar-refractivity contribution is 6.30. The first-order valence-electron chi connectivity index (χ1n) is 5.43. The number of nitrogens with zero attached hydrogens (tertiary/aromatic N) is 2. The van der Waals surface area contributed by atoms with Crippen molar-refractivity contribution in [2.75, 3.05) is 7.11 Å². The van der Waals surface area contributed by atoms with E-state index in [1.165, 1.54) is 11.5 Å². The zero-order valence-electron chi connectivity index (χ0n) is 9.74. The van der Waals surface area contributed by atoms with Gasteiger partial charge in [-0.2, -0.15) is 0 Å². The van der Waals surface area contributed by atoms with E-state index in [1.807, 2.05) is 6.92 Å². The molecule has 0 aliphatic rings. The van der Waals surface area contributed by atoms with E-state index < -0.39 is 0 Å². The topological polar surface area (TPSA) is 43.6 Å². The highest BCUT2D eigenvalue weighted by atomic mass is 35.5. The van der Waals surface area contributed by atoms with Gasteiger partial charge in [-0.1, -0.05) is 31.0 Å². The third-order valence-corrected chi connectivity index (χ3v) is 2.88. The van der Waals surface area contributed by atoms with E-state index in [9.17, 15) is 4.79 Å². The molecule has 0 bridgehead atoms. The van der Waals surface area contributed by atoms with Gasteiger partial charge in [0.25, 0.3) is 5.56 Å². The highest BCUT2D eigenvalue weighted by Crippen LogP contribution is 2.16. The van der Waals surface area contributed by atoms with Crippen LogP contribution in [0.2, 0.25) is 5.15 Å². The average molecular weight is 253 g/mol. The molecule has 0 aliphatic carbocycles. The van der Waals surface area contributed by atoms with Crippen molar-refractivity contribution in [2.24, 2.45) is 0 Å². The van der Waals surface area contributed by atoms with E-state index in [2.05, 4.69) is 4.98 Å². The first-order valence-corrected chi connectivity index (χ1v) is 5.81. The Balaban J connectivity index is 2.84. The summed E-state index contributed by atoms with van der Waals surface area (Å²) in [7, 11) is 1.52. The summed E-state index contributed by atoms with van der Waals surface area (Å²) in [6.07, 6.45) is 1.46. The molecule has 0 fully saturated rings. The van der Waals surface area contributed by atoms with Crippen LogP contribution in [0.3, 0.4) is 0 Å². The van der Waals surface area contributed by atoms with Crippen molar-refractivity contribution < 1.29 is 4.74 Å². The second-order valence-corrected chi connectivity index (χ2v) is 4.06. The summed E-state index contributed by atoms with van der Waals surface area (Å²) >= 11 is 6.02. The van der Waals surface area contributed by atoms with Gasteiger partial charge in [0.1, 0.15) is 10.8 Å². The van der Waals surface area contributed by atoms with E-state index >= 15 is 0 Å². The Morgan fingerprint density at radius 2 is 2.24 bits per heavy atom. The van der Waals surface area contributed by atoms with E-state index in [1.54, 1.807) is 18.2 Å². The number of fused-ring (bicyclic) bond motifs is 1. The van der Waals surface area contributed by atoms with Crippen LogP contribution in [0, 0.1) is 0 Å². The smallest absolute Gasteiger partial charge is 0.265 e. The van der Waals surface area contributed by atoms with Crippen LogP contribution in [0.4, 0.5) is 0 Å². The largest absolute Gasteiger partial charge is 0.482 e. The number of ether oxygens (including phenoxy) is 1. The van der Waals surface area contributed by atoms with Gasteiger partial charge >= 0.3 is 0 Å². The minimum absolute atomic E-state index is 0.153. The number of hydrogen-bond acceptors (Lipinski definition) is 3. The molecule has 2 aromatic rings. The van der Waals surface area contributed by atoms with Crippen LogP contribution in [-0.2, 0) is 6.42 Å². The molecule has 2 aromatic heterocycles. The molecule has 4 nitrogen and oxygen atoms in total. The van der Waals surface area contributed by atoms with Crippen LogP contribution >= 0.6 is 11.6 Å². The fourth-order valence-corrected chi connectivity index (χ4v) is 2.04. The second kappa shape index (κ2) is 4.75. The van der Waals surface area contributed by atoms with Gasteiger partial charge < -0.3 is 4.74 Å². The van der Waals surface area contributed by atoms with Gasteiger partial charge in [0.05, 0.1) is 12.7 Å². The lowest BCUT2D eigenvalue weighted by molar-refractivity contribution is 0.389. The molecular formula is C12H13ClN2O2. The number of hydrogen-bond donors (Lipinski definition) is 0. The first-order chi connectivity index (χ1) is 8.19. The van der Waals surface area contributed by atoms with Gasteiger partial charge in [0.2, 0.25) is 5.88 Å². The van der Waals surface area contributed by atoms with E-state index in [-0.39, 0.29) is 10.7 Å². The predicted octanol–water partition coefficient (Wildman–Crippen LogP) is 2.31. The summed E-state index contributed by atoms with van der Waals surface area (Å²) < 4.78 is 6.60. The Labute approximate surface area is 104 Å². The van der Waals surface area contributed by atoms with Crippen molar-refractivity contribution in [3.05, 3.63) is 39.3 Å². The van der Waals surface area contributed by atoms with Crippen molar-refractivity contribution in [1.82, 2.24) is 9.38 Å². The third kappa shape index (κ3) is 2.00. The Kier molecular flexibility index (Phi) is 3.33. The van der Waals surface area contributed by atoms with Gasteiger partial charge in [-0.15, -0.1) is 0 Å². The summed E-state index contributed by atoms with van der Waals surface area (Å²) in [4.78, 5) is 16.5. The van der Waals surface area contributed by atoms with Crippen molar-refractivity contribution >= 4 is 17.2 Å². The highest BCUT2D eigenvalue weighted by Gasteiger charge is 2.12. The Bertz CT molecular complexity index is 607. The number of aromatic nitrogens is 2. The summed E-state index contributed by atoms with van der Waals surface area (Å²) in [5.41, 5.74) is 0.884. The molecule has 0 spiro atoms. The zero-order chi connectivity index (χ0) is 12.4. The molecule has 0 saturated carbocycles. The molecule has 0 saturated heterocycles. The van der Waals surface area contributed by atoms with Crippen LogP contribution in [0.5, 0.6) is 5.88 Å². The molecule has 0 atom stereocenters. The zero-order valence-corrected chi connectivity index (χ0v) is 10.5. The van der Waals surface area contributed by atoms with Crippen molar-refractivity contribution in [3.8, 4) is 5.88 Å². The maximum absolute atomic E-state index is 12.3. The molecule has 0 aliphatic heterocycles. The molecule has 5 heteroatoms. The SMILES string of the molecule is CCCc1c(Cl)nc2cccc(OC)n2c1=O. The lowest BCUT2D eigenvalue weighted by Crippen LogP contribution is -2.21. The summed E-state index contributed by atoms with van der Waals surface area (Å²) in [5, 5.41) is 0.283. The van der Waals surface area contributed by atoms with Crippen molar-refractivity contribution in [2.45, 2.75) is 19.8 Å². The molecule has 0 radical (unpaired) electrons. The number of methoxy groups -OCH3 is 1. The molecule has 0 N–H and O–H groups in total. The maximum Gasteiger partial charge on any atom is 0.265 e. The Morgan fingerprint density at radius 1 is 1.47 bits per heavy atom. The summed E-state index contributed by atoms with van der Waals surface area (Å²) in [6, 6.07) is 5.22. The summed E-state index contributed by atoms with van der Waals surface area (Å²) in [5.74, 6) is 0.467. The standard InChI is InChI=1S/C12H13ClN2O2/c1-3-5-8-11(13)14-9-6-4-7-10(17-2)15(9)12(8)16/h4,6-7H,3,5H2,1-2H3. The molecule has 0 amide bonds. The minimum Gasteiger partial charge on any atom is -0.482 e. The number of pyridine rings is 1. The fraction of sp³-hybridized carbons (Fsp3) is 0.333. The van der Waals surface area contributed by atoms with E-state index in [0.717, 1.165) is 6.42 Å². The number of halogens is 1. The van der Waals surface area contributed by atoms with Crippen LogP contribution in [-0.4, -0.2) is 16.5 Å². The van der Waals surface area contributed by atoms with Gasteiger partial charge in [0.15, 0.2) is 0 Å². The minimum atomic E-state index is -0.153. The van der Waals surface area contributed by atoms with Crippen LogP contribution in [0.25, 0.3) is 5.65 Å². The molecule has 2 heterocycles. The first kappa shape index (κ1) is 11.9. The molecule has 2 rings (SSSR count). The lowest BCUT2D eigenvalue weighted by Gasteiger charge is -2.09. The van der Waals surface area contributed by atoms with Crippen LogP contribution < -0.4 is 10.3 Å². The van der Waals surface area contributed by atoms with Gasteiger partial charge in [-0.25, -0.2) is 9.38 Å². The molecule has 17 heavy (non-hydrogen) atoms. The fourth-order valence-electron chi connectivity index (χ4n) is 1.78. The molecule has 90 valence electrons. The summed E-state index contributed by atoms with van der Waals surface area (Å²) in [6.45, 7) is 1.99. The molecular weight excluding hydrogens is 240 g/mol. The molecule has 0 unspecified atom stereocenters. The van der Waals surface area contributed by atoms with Gasteiger partial charge in [0, 0.05) is 0 Å². The van der Waals surface area contributed by atoms with E-state index in [4.69, 9.17) is 16.3 Å². The van der Waals surface area contributed by atoms with Gasteiger partial charge in [-0.3, -0.25) is 4.79 Å². The third-order valence-electron chi connectivity index (χ3n) is 2.57. The lowest BCUT2D eigenvalue weighted by atomic mass is 10.2. The normalized spacial score (nSPS) is 10.8. The van der Waals surface area contributed by atoms with Gasteiger partial charge in [-0.05, 0) is 18.6 Å². The van der Waals surface area contributed by atoms with Crippen LogP contribution in [0.15, 0.2) is 23.0 Å². The average Bonchev–Trinajstić information content (AvgIpc) is 2.33. The van der Waals surface area contributed by atoms with Crippen LogP contribution in [0.1, 0.15) is 18.9 Å². The Hall–Kier alpha value is -1.55. The predicted molar refractivity (Wildman–Crippen MR) is 67.0 cm³/mol. The Morgan fingerprint density at radius 3 is 2.88 bits per heavy atom. The van der Waals surface area contributed by atoms with E-state index in [0.29, 0.717) is 23.5 Å². The number of rotatable bonds is 3. The molecule has 0 aromatic carbocycles. The monoisotopic (exact) mass is 252 g/mol. The quantitative estimate of drug-likeness (QED) is 0.788.